The molecular formula is C20H29N3O4. The Morgan fingerprint density at radius 2 is 1.85 bits per heavy atom. The van der Waals surface area contributed by atoms with Gasteiger partial charge in [-0.3, -0.25) is 9.59 Å². The first-order chi connectivity index (χ1) is 12.3. The quantitative estimate of drug-likeness (QED) is 0.587. The van der Waals surface area contributed by atoms with Crippen LogP contribution in [0.1, 0.15) is 43.6 Å². The van der Waals surface area contributed by atoms with Crippen molar-refractivity contribution >= 4 is 17.4 Å². The van der Waals surface area contributed by atoms with Gasteiger partial charge in [0, 0.05) is 20.1 Å². The number of anilines is 1. The van der Waals surface area contributed by atoms with Gasteiger partial charge in [0.25, 0.3) is 5.91 Å². The third-order valence-corrected chi connectivity index (χ3v) is 4.86. The minimum absolute atomic E-state index is 0.0160. The number of nitrogens with one attached hydrogen (secondary N) is 2. The number of amides is 1. The highest BCUT2D eigenvalue weighted by Gasteiger charge is 2.40. The van der Waals surface area contributed by atoms with Gasteiger partial charge in [0.1, 0.15) is 5.70 Å². The standard InChI is InChI=1S/C20H29N3O4/c1-10-8-12(19(27)23(6)7)16(24)13(9-10)22-15-14(17(25)18(15)26)21-11(2)20(3,4)5/h8-9,11,18,21-22,24,26H,1-7H3/t11-,18?/m0/s1. The molecule has 4 N–H and O–H groups in total. The number of carbonyl (C=O) groups excluding carboxylic acids is 2. The number of hydrogen-bond acceptors (Lipinski definition) is 6. The topological polar surface area (TPSA) is 102 Å². The summed E-state index contributed by atoms with van der Waals surface area (Å²) in [5, 5.41) is 26.7. The molecule has 7 heteroatoms. The first-order valence-corrected chi connectivity index (χ1v) is 8.89. The van der Waals surface area contributed by atoms with Crippen LogP contribution in [-0.2, 0) is 4.79 Å². The molecule has 1 aliphatic rings. The van der Waals surface area contributed by atoms with Crippen LogP contribution in [0.4, 0.5) is 5.69 Å². The fourth-order valence-corrected chi connectivity index (χ4v) is 2.60. The summed E-state index contributed by atoms with van der Waals surface area (Å²) in [6.45, 7) is 9.89. The van der Waals surface area contributed by atoms with Crippen LogP contribution in [0.2, 0.25) is 0 Å². The molecule has 7 nitrogen and oxygen atoms in total. The van der Waals surface area contributed by atoms with Crippen LogP contribution in [0.25, 0.3) is 0 Å². The molecule has 0 fully saturated rings. The number of hydrogen-bond donors (Lipinski definition) is 4. The second kappa shape index (κ2) is 7.23. The first-order valence-electron chi connectivity index (χ1n) is 8.89. The molecule has 2 rings (SSSR count). The molecular weight excluding hydrogens is 346 g/mol. The Balaban J connectivity index is 2.40. The van der Waals surface area contributed by atoms with Crippen LogP contribution in [0.15, 0.2) is 23.5 Å². The summed E-state index contributed by atoms with van der Waals surface area (Å²) >= 11 is 0. The number of rotatable bonds is 5. The van der Waals surface area contributed by atoms with Gasteiger partial charge in [-0.2, -0.15) is 0 Å². The largest absolute Gasteiger partial charge is 0.505 e. The van der Waals surface area contributed by atoms with E-state index in [2.05, 4.69) is 10.6 Å². The lowest BCUT2D eigenvalue weighted by Crippen LogP contribution is -2.50. The van der Waals surface area contributed by atoms with Gasteiger partial charge in [-0.15, -0.1) is 0 Å². The predicted octanol–water partition coefficient (Wildman–Crippen LogP) is 1.99. The van der Waals surface area contributed by atoms with Crippen LogP contribution >= 0.6 is 0 Å². The van der Waals surface area contributed by atoms with Gasteiger partial charge < -0.3 is 25.7 Å². The Labute approximate surface area is 160 Å². The van der Waals surface area contributed by atoms with E-state index in [1.54, 1.807) is 33.2 Å². The molecule has 0 aromatic heterocycles. The maximum Gasteiger partial charge on any atom is 0.257 e. The molecule has 0 aliphatic heterocycles. The van der Waals surface area contributed by atoms with Crippen molar-refractivity contribution in [3.05, 3.63) is 34.7 Å². The number of phenols is 1. The highest BCUT2D eigenvalue weighted by molar-refractivity contribution is 6.09. The number of Topliss-reactive ketones (excluding diaryl/α,β-unsaturated/α-hetero) is 1. The van der Waals surface area contributed by atoms with Crippen molar-refractivity contribution in [1.29, 1.82) is 0 Å². The molecule has 0 saturated carbocycles. The van der Waals surface area contributed by atoms with E-state index in [1.807, 2.05) is 27.7 Å². The smallest absolute Gasteiger partial charge is 0.257 e. The van der Waals surface area contributed by atoms with E-state index < -0.39 is 11.9 Å². The molecule has 1 amide bonds. The summed E-state index contributed by atoms with van der Waals surface area (Å²) < 4.78 is 0. The Morgan fingerprint density at radius 3 is 2.37 bits per heavy atom. The summed E-state index contributed by atoms with van der Waals surface area (Å²) in [6, 6.07) is 3.24. The number of carbonyl (C=O) groups is 2. The maximum atomic E-state index is 12.3. The second-order valence-corrected chi connectivity index (χ2v) is 8.32. The number of ketones is 1. The van der Waals surface area contributed by atoms with Crippen LogP contribution in [-0.4, -0.2) is 53.0 Å². The minimum atomic E-state index is -1.28. The molecule has 0 heterocycles. The molecule has 2 atom stereocenters. The van der Waals surface area contributed by atoms with Crippen molar-refractivity contribution < 1.29 is 19.8 Å². The van der Waals surface area contributed by atoms with E-state index in [0.717, 1.165) is 5.56 Å². The fraction of sp³-hybridized carbons (Fsp3) is 0.500. The van der Waals surface area contributed by atoms with Crippen LogP contribution in [0.3, 0.4) is 0 Å². The molecule has 1 aromatic carbocycles. The van der Waals surface area contributed by atoms with E-state index >= 15 is 0 Å². The maximum absolute atomic E-state index is 12.3. The van der Waals surface area contributed by atoms with Crippen molar-refractivity contribution in [3.63, 3.8) is 0 Å². The van der Waals surface area contributed by atoms with Gasteiger partial charge in [0.2, 0.25) is 5.78 Å². The van der Waals surface area contributed by atoms with Crippen molar-refractivity contribution in [2.75, 3.05) is 19.4 Å². The lowest BCUT2D eigenvalue weighted by atomic mass is 9.86. The number of nitrogens with zero attached hydrogens (tertiary/aromatic N) is 1. The van der Waals surface area contributed by atoms with Crippen molar-refractivity contribution in [2.45, 2.75) is 46.8 Å². The van der Waals surface area contributed by atoms with Crippen LogP contribution in [0, 0.1) is 12.3 Å². The zero-order chi connectivity index (χ0) is 20.7. The summed E-state index contributed by atoms with van der Waals surface area (Å²) in [4.78, 5) is 25.8. The van der Waals surface area contributed by atoms with Gasteiger partial charge in [-0.25, -0.2) is 0 Å². The fourth-order valence-electron chi connectivity index (χ4n) is 2.60. The Hall–Kier alpha value is -2.54. The summed E-state index contributed by atoms with van der Waals surface area (Å²) in [5.74, 6) is -0.954. The second-order valence-electron chi connectivity index (χ2n) is 8.32. The third-order valence-electron chi connectivity index (χ3n) is 4.86. The van der Waals surface area contributed by atoms with Crippen molar-refractivity contribution in [2.24, 2.45) is 5.41 Å². The van der Waals surface area contributed by atoms with Gasteiger partial charge >= 0.3 is 0 Å². The van der Waals surface area contributed by atoms with E-state index in [-0.39, 0.29) is 34.4 Å². The van der Waals surface area contributed by atoms with E-state index in [4.69, 9.17) is 0 Å². The molecule has 27 heavy (non-hydrogen) atoms. The summed E-state index contributed by atoms with van der Waals surface area (Å²) in [7, 11) is 3.20. The zero-order valence-corrected chi connectivity index (χ0v) is 17.0. The van der Waals surface area contributed by atoms with Crippen LogP contribution < -0.4 is 10.6 Å². The number of aliphatic hydroxyl groups excluding tert-OH is 1. The molecule has 0 spiro atoms. The lowest BCUT2D eigenvalue weighted by molar-refractivity contribution is -0.125. The Bertz CT molecular complexity index is 806. The van der Waals surface area contributed by atoms with Crippen LogP contribution in [0.5, 0.6) is 5.75 Å². The molecule has 1 aromatic rings. The highest BCUT2D eigenvalue weighted by atomic mass is 16.3. The van der Waals surface area contributed by atoms with Gasteiger partial charge in [0.05, 0.1) is 16.9 Å². The predicted molar refractivity (Wildman–Crippen MR) is 105 cm³/mol. The molecule has 1 unspecified atom stereocenters. The average molecular weight is 375 g/mol. The molecule has 148 valence electrons. The molecule has 0 saturated heterocycles. The molecule has 0 bridgehead atoms. The Kier molecular flexibility index (Phi) is 5.56. The van der Waals surface area contributed by atoms with E-state index in [9.17, 15) is 19.8 Å². The van der Waals surface area contributed by atoms with Crippen molar-refractivity contribution in [3.8, 4) is 5.75 Å². The zero-order valence-electron chi connectivity index (χ0n) is 17.0. The van der Waals surface area contributed by atoms with Crippen molar-refractivity contribution in [1.82, 2.24) is 10.2 Å². The lowest BCUT2D eigenvalue weighted by Gasteiger charge is -2.36. The summed E-state index contributed by atoms with van der Waals surface area (Å²) in [5.41, 5.74) is 1.69. The van der Waals surface area contributed by atoms with Gasteiger partial charge in [-0.05, 0) is 37.0 Å². The summed E-state index contributed by atoms with van der Waals surface area (Å²) in [6.07, 6.45) is -1.28. The van der Waals surface area contributed by atoms with Gasteiger partial charge in [-0.1, -0.05) is 20.8 Å². The van der Waals surface area contributed by atoms with E-state index in [0.29, 0.717) is 11.4 Å². The highest BCUT2D eigenvalue weighted by Crippen LogP contribution is 2.34. The van der Waals surface area contributed by atoms with Gasteiger partial charge in [0.15, 0.2) is 11.9 Å². The monoisotopic (exact) mass is 375 g/mol. The number of phenolic OH excluding ortho intramolecular Hbond substituents is 1. The number of aliphatic hydroxyl groups is 1. The first kappa shape index (κ1) is 20.8. The minimum Gasteiger partial charge on any atom is -0.505 e. The normalized spacial score (nSPS) is 18.1. The van der Waals surface area contributed by atoms with E-state index in [1.165, 1.54) is 4.90 Å². The molecule has 0 radical (unpaired) electrons. The molecule has 1 aliphatic carbocycles. The SMILES string of the molecule is Cc1cc(NC2=C(N[C@@H](C)C(C)(C)C)C(=O)C2O)c(O)c(C(=O)N(C)C)c1. The third kappa shape index (κ3) is 4.08. The number of aryl methyl sites for hydroxylation is 1. The Morgan fingerprint density at radius 1 is 1.26 bits per heavy atom. The number of aromatic hydroxyl groups is 1. The average Bonchev–Trinajstić information content (AvgIpc) is 2.58. The number of benzene rings is 1.